The Morgan fingerprint density at radius 3 is 3.14 bits per heavy atom. The van der Waals surface area contributed by atoms with E-state index >= 15 is 0 Å². The van der Waals surface area contributed by atoms with Crippen LogP contribution < -0.4 is 4.74 Å². The first-order valence-electron chi connectivity index (χ1n) is 7.71. The lowest BCUT2D eigenvalue weighted by molar-refractivity contribution is -0.142. The number of nitrogens with one attached hydrogen (secondary N) is 1. The summed E-state index contributed by atoms with van der Waals surface area (Å²) < 4.78 is 5.50. The highest BCUT2D eigenvalue weighted by Gasteiger charge is 2.35. The van der Waals surface area contributed by atoms with Crippen molar-refractivity contribution >= 4 is 17.0 Å². The van der Waals surface area contributed by atoms with Gasteiger partial charge in [0.2, 0.25) is 0 Å². The normalized spacial score (nSPS) is 20.4. The Morgan fingerprint density at radius 1 is 1.59 bits per heavy atom. The molecule has 0 radical (unpaired) electrons. The average molecular weight is 303 g/mol. The first-order chi connectivity index (χ1) is 10.6. The lowest BCUT2D eigenvalue weighted by atomic mass is 10.2. The Labute approximate surface area is 129 Å². The molecule has 0 spiro atoms. The molecule has 118 valence electrons. The van der Waals surface area contributed by atoms with E-state index in [0.717, 1.165) is 35.6 Å². The molecule has 1 aromatic heterocycles. The third-order valence-electron chi connectivity index (χ3n) is 4.26. The zero-order chi connectivity index (χ0) is 15.7. The van der Waals surface area contributed by atoms with Crippen LogP contribution in [0.1, 0.15) is 38.6 Å². The molecule has 22 heavy (non-hydrogen) atoms. The van der Waals surface area contributed by atoms with Crippen LogP contribution in [-0.4, -0.2) is 45.1 Å². The third-order valence-corrected chi connectivity index (χ3v) is 4.26. The van der Waals surface area contributed by atoms with Crippen LogP contribution in [0.15, 0.2) is 18.2 Å². The molecule has 1 fully saturated rings. The molecule has 0 amide bonds. The van der Waals surface area contributed by atoms with Gasteiger partial charge >= 0.3 is 5.97 Å². The van der Waals surface area contributed by atoms with E-state index in [2.05, 4.69) is 9.97 Å². The van der Waals surface area contributed by atoms with Gasteiger partial charge in [0, 0.05) is 6.07 Å². The number of H-pyrrole nitrogens is 1. The molecule has 1 aromatic carbocycles. The molecule has 1 aliphatic rings. The first-order valence-corrected chi connectivity index (χ1v) is 7.71. The Hall–Kier alpha value is -2.08. The van der Waals surface area contributed by atoms with Gasteiger partial charge in [-0.1, -0.05) is 0 Å². The van der Waals surface area contributed by atoms with E-state index in [1.165, 1.54) is 0 Å². The van der Waals surface area contributed by atoms with Gasteiger partial charge in [-0.15, -0.1) is 0 Å². The number of carboxylic acids is 1. The molecule has 1 saturated heterocycles. The van der Waals surface area contributed by atoms with Gasteiger partial charge in [-0.25, -0.2) is 4.98 Å². The van der Waals surface area contributed by atoms with Gasteiger partial charge in [0.1, 0.15) is 17.6 Å². The summed E-state index contributed by atoms with van der Waals surface area (Å²) in [5.41, 5.74) is 1.79. The summed E-state index contributed by atoms with van der Waals surface area (Å²) in [6, 6.07) is 5.29. The average Bonchev–Trinajstić information content (AvgIpc) is 3.13. The summed E-state index contributed by atoms with van der Waals surface area (Å²) in [5, 5.41) is 9.33. The molecule has 6 heteroatoms. The van der Waals surface area contributed by atoms with E-state index in [1.807, 2.05) is 36.9 Å². The van der Waals surface area contributed by atoms with Crippen LogP contribution in [0.2, 0.25) is 0 Å². The lowest BCUT2D eigenvalue weighted by Gasteiger charge is -2.26. The van der Waals surface area contributed by atoms with Crippen LogP contribution in [0, 0.1) is 0 Å². The van der Waals surface area contributed by atoms with Crippen molar-refractivity contribution in [3.8, 4) is 5.75 Å². The number of ether oxygens (including phenoxy) is 1. The second-order valence-corrected chi connectivity index (χ2v) is 5.64. The Bertz CT molecular complexity index is 682. The van der Waals surface area contributed by atoms with E-state index in [-0.39, 0.29) is 6.04 Å². The van der Waals surface area contributed by atoms with E-state index in [4.69, 9.17) is 4.74 Å². The summed E-state index contributed by atoms with van der Waals surface area (Å²) in [6.07, 6.45) is 1.62. The highest BCUT2D eigenvalue weighted by Crippen LogP contribution is 2.29. The van der Waals surface area contributed by atoms with Crippen molar-refractivity contribution < 1.29 is 14.6 Å². The molecule has 2 aromatic rings. The van der Waals surface area contributed by atoms with Crippen molar-refractivity contribution in [3.05, 3.63) is 24.0 Å². The quantitative estimate of drug-likeness (QED) is 0.887. The number of hydrogen-bond donors (Lipinski definition) is 2. The number of aliphatic carboxylic acids is 1. The maximum atomic E-state index is 11.3. The molecule has 2 atom stereocenters. The second-order valence-electron chi connectivity index (χ2n) is 5.64. The summed E-state index contributed by atoms with van der Waals surface area (Å²) >= 11 is 0. The number of aromatic amines is 1. The number of carboxylic acid groups (broad SMARTS) is 1. The Morgan fingerprint density at radius 2 is 2.41 bits per heavy atom. The van der Waals surface area contributed by atoms with Crippen molar-refractivity contribution in [2.75, 3.05) is 13.2 Å². The van der Waals surface area contributed by atoms with Crippen LogP contribution >= 0.6 is 0 Å². The molecule has 2 heterocycles. The number of rotatable bonds is 5. The molecule has 6 nitrogen and oxygen atoms in total. The highest BCUT2D eigenvalue weighted by molar-refractivity contribution is 5.77. The fourth-order valence-corrected chi connectivity index (χ4v) is 3.14. The molecular weight excluding hydrogens is 282 g/mol. The molecule has 0 saturated carbocycles. The number of likely N-dealkylation sites (tertiary alicyclic amines) is 1. The molecule has 1 aliphatic heterocycles. The fraction of sp³-hybridized carbons (Fsp3) is 0.500. The number of nitrogens with zero attached hydrogens (tertiary/aromatic N) is 2. The molecule has 2 unspecified atom stereocenters. The van der Waals surface area contributed by atoms with Gasteiger partial charge in [0.25, 0.3) is 0 Å². The third kappa shape index (κ3) is 2.66. The van der Waals surface area contributed by atoms with E-state index in [9.17, 15) is 9.90 Å². The number of benzene rings is 1. The molecule has 3 rings (SSSR count). The monoisotopic (exact) mass is 303 g/mol. The van der Waals surface area contributed by atoms with Crippen LogP contribution in [0.4, 0.5) is 0 Å². The summed E-state index contributed by atoms with van der Waals surface area (Å²) in [6.45, 7) is 5.36. The maximum absolute atomic E-state index is 11.3. The number of imidazole rings is 1. The lowest BCUT2D eigenvalue weighted by Crippen LogP contribution is -2.38. The smallest absolute Gasteiger partial charge is 0.320 e. The largest absolute Gasteiger partial charge is 0.494 e. The van der Waals surface area contributed by atoms with E-state index < -0.39 is 12.0 Å². The van der Waals surface area contributed by atoms with E-state index in [1.54, 1.807) is 0 Å². The van der Waals surface area contributed by atoms with Crippen LogP contribution in [0.3, 0.4) is 0 Å². The molecule has 0 bridgehead atoms. The number of aromatic nitrogens is 2. The summed E-state index contributed by atoms with van der Waals surface area (Å²) in [4.78, 5) is 21.3. The fourth-order valence-electron chi connectivity index (χ4n) is 3.14. The van der Waals surface area contributed by atoms with Crippen molar-refractivity contribution in [2.45, 2.75) is 38.8 Å². The van der Waals surface area contributed by atoms with Crippen LogP contribution in [0.25, 0.3) is 11.0 Å². The number of carbonyl (C=O) groups is 1. The van der Waals surface area contributed by atoms with Crippen LogP contribution in [-0.2, 0) is 4.79 Å². The van der Waals surface area contributed by atoms with Gasteiger partial charge in [0.05, 0.1) is 23.7 Å². The molecule has 2 N–H and O–H groups in total. The minimum atomic E-state index is -0.751. The van der Waals surface area contributed by atoms with Crippen LogP contribution in [0.5, 0.6) is 5.75 Å². The number of fused-ring (bicyclic) bond motifs is 1. The highest BCUT2D eigenvalue weighted by atomic mass is 16.5. The van der Waals surface area contributed by atoms with Gasteiger partial charge in [-0.3, -0.25) is 9.69 Å². The minimum absolute atomic E-state index is 0.0495. The van der Waals surface area contributed by atoms with Gasteiger partial charge in [-0.05, 0) is 45.4 Å². The summed E-state index contributed by atoms with van der Waals surface area (Å²) in [7, 11) is 0. The van der Waals surface area contributed by atoms with Crippen molar-refractivity contribution in [2.24, 2.45) is 0 Å². The minimum Gasteiger partial charge on any atom is -0.494 e. The molecule has 0 aliphatic carbocycles. The van der Waals surface area contributed by atoms with Crippen molar-refractivity contribution in [3.63, 3.8) is 0 Å². The van der Waals surface area contributed by atoms with E-state index in [0.29, 0.717) is 13.0 Å². The summed E-state index contributed by atoms with van der Waals surface area (Å²) in [5.74, 6) is 0.860. The zero-order valence-corrected chi connectivity index (χ0v) is 12.9. The zero-order valence-electron chi connectivity index (χ0n) is 12.9. The van der Waals surface area contributed by atoms with Crippen molar-refractivity contribution in [1.82, 2.24) is 14.9 Å². The topological polar surface area (TPSA) is 78.4 Å². The SMILES string of the molecule is CCOc1ccc2nc(C(C)N3CCCC3C(=O)O)[nH]c2c1. The Kier molecular flexibility index (Phi) is 4.02. The molecular formula is C16H21N3O3. The first kappa shape index (κ1) is 14.8. The predicted molar refractivity (Wildman–Crippen MR) is 83.0 cm³/mol. The standard InChI is InChI=1S/C16H21N3O3/c1-3-22-11-6-7-12-13(9-11)18-15(17-12)10(2)19-8-4-5-14(19)16(20)21/h6-7,9-10,14H,3-5,8H2,1-2H3,(H,17,18)(H,20,21). The number of hydrogen-bond acceptors (Lipinski definition) is 4. The van der Waals surface area contributed by atoms with Gasteiger partial charge in [-0.2, -0.15) is 0 Å². The van der Waals surface area contributed by atoms with Gasteiger partial charge in [0.15, 0.2) is 0 Å². The van der Waals surface area contributed by atoms with Gasteiger partial charge < -0.3 is 14.8 Å². The Balaban J connectivity index is 1.87. The predicted octanol–water partition coefficient (Wildman–Crippen LogP) is 2.57. The van der Waals surface area contributed by atoms with Crippen molar-refractivity contribution in [1.29, 1.82) is 0 Å². The maximum Gasteiger partial charge on any atom is 0.320 e. The second kappa shape index (κ2) is 5.96.